The van der Waals surface area contributed by atoms with Gasteiger partial charge in [-0.1, -0.05) is 0 Å². The van der Waals surface area contributed by atoms with Crippen molar-refractivity contribution in [2.45, 2.75) is 32.7 Å². The van der Waals surface area contributed by atoms with E-state index in [1.54, 1.807) is 13.8 Å². The molecular formula is C12H22N2O5S. The highest BCUT2D eigenvalue weighted by Gasteiger charge is 2.33. The molecule has 1 heterocycles. The highest BCUT2D eigenvalue weighted by Crippen LogP contribution is 2.21. The molecule has 1 amide bonds. The number of sulfonamides is 1. The SMILES string of the molecule is CC(C)N(CC(=O)O)C(=O)C1CCCN(S(C)(=O)=O)C1. The summed E-state index contributed by atoms with van der Waals surface area (Å²) in [6.07, 6.45) is 2.33. The Hall–Kier alpha value is -1.15. The second kappa shape index (κ2) is 6.53. The number of aliphatic carboxylic acids is 1. The second-order valence-electron chi connectivity index (χ2n) is 5.41. The Morgan fingerprint density at radius 3 is 2.45 bits per heavy atom. The number of hydrogen-bond acceptors (Lipinski definition) is 4. The first-order chi connectivity index (χ1) is 9.12. The van der Waals surface area contributed by atoms with Crippen LogP contribution in [0.25, 0.3) is 0 Å². The zero-order valence-corrected chi connectivity index (χ0v) is 12.9. The average Bonchev–Trinajstić information content (AvgIpc) is 2.33. The van der Waals surface area contributed by atoms with Crippen LogP contribution in [0.1, 0.15) is 26.7 Å². The van der Waals surface area contributed by atoms with Gasteiger partial charge >= 0.3 is 5.97 Å². The van der Waals surface area contributed by atoms with Crippen molar-refractivity contribution in [3.63, 3.8) is 0 Å². The van der Waals surface area contributed by atoms with Crippen molar-refractivity contribution in [2.75, 3.05) is 25.9 Å². The van der Waals surface area contributed by atoms with E-state index >= 15 is 0 Å². The average molecular weight is 306 g/mol. The summed E-state index contributed by atoms with van der Waals surface area (Å²) in [7, 11) is -3.32. The molecule has 1 rings (SSSR count). The molecule has 0 aromatic rings. The van der Waals surface area contributed by atoms with E-state index in [9.17, 15) is 18.0 Å². The monoisotopic (exact) mass is 306 g/mol. The van der Waals surface area contributed by atoms with Crippen LogP contribution in [-0.4, -0.2) is 66.5 Å². The lowest BCUT2D eigenvalue weighted by atomic mass is 9.97. The summed E-state index contributed by atoms with van der Waals surface area (Å²) < 4.78 is 24.4. The molecule has 0 radical (unpaired) electrons. The summed E-state index contributed by atoms with van der Waals surface area (Å²) in [4.78, 5) is 24.5. The van der Waals surface area contributed by atoms with E-state index in [0.29, 0.717) is 19.4 Å². The molecule has 0 bridgehead atoms. The molecule has 1 atom stereocenters. The molecule has 1 saturated heterocycles. The van der Waals surface area contributed by atoms with Crippen molar-refractivity contribution in [3.8, 4) is 0 Å². The Morgan fingerprint density at radius 1 is 1.40 bits per heavy atom. The third-order valence-corrected chi connectivity index (χ3v) is 4.68. The second-order valence-corrected chi connectivity index (χ2v) is 7.40. The molecule has 0 spiro atoms. The molecule has 0 aliphatic carbocycles. The van der Waals surface area contributed by atoms with E-state index in [4.69, 9.17) is 5.11 Å². The molecule has 20 heavy (non-hydrogen) atoms. The Morgan fingerprint density at radius 2 is 2.00 bits per heavy atom. The van der Waals surface area contributed by atoms with Crippen molar-refractivity contribution < 1.29 is 23.1 Å². The summed E-state index contributed by atoms with van der Waals surface area (Å²) in [5.41, 5.74) is 0. The van der Waals surface area contributed by atoms with Gasteiger partial charge in [-0.2, -0.15) is 0 Å². The van der Waals surface area contributed by atoms with E-state index in [-0.39, 0.29) is 25.0 Å². The van der Waals surface area contributed by atoms with Gasteiger partial charge in [0, 0.05) is 19.1 Å². The van der Waals surface area contributed by atoms with Crippen LogP contribution in [0.4, 0.5) is 0 Å². The number of piperidine rings is 1. The van der Waals surface area contributed by atoms with Crippen molar-refractivity contribution in [2.24, 2.45) is 5.92 Å². The lowest BCUT2D eigenvalue weighted by molar-refractivity contribution is -0.148. The Kier molecular flexibility index (Phi) is 5.52. The van der Waals surface area contributed by atoms with Crippen LogP contribution < -0.4 is 0 Å². The van der Waals surface area contributed by atoms with Gasteiger partial charge in [0.2, 0.25) is 15.9 Å². The zero-order chi connectivity index (χ0) is 15.5. The summed E-state index contributed by atoms with van der Waals surface area (Å²) in [6.45, 7) is 3.70. The fourth-order valence-corrected chi connectivity index (χ4v) is 3.25. The van der Waals surface area contributed by atoms with Crippen LogP contribution >= 0.6 is 0 Å². The number of nitrogens with zero attached hydrogens (tertiary/aromatic N) is 2. The first kappa shape index (κ1) is 16.9. The van der Waals surface area contributed by atoms with Gasteiger partial charge in [0.1, 0.15) is 6.54 Å². The Balaban J connectivity index is 2.81. The van der Waals surface area contributed by atoms with E-state index in [2.05, 4.69) is 0 Å². The number of hydrogen-bond donors (Lipinski definition) is 1. The van der Waals surface area contributed by atoms with Crippen molar-refractivity contribution in [3.05, 3.63) is 0 Å². The highest BCUT2D eigenvalue weighted by molar-refractivity contribution is 7.88. The number of rotatable bonds is 5. The molecule has 7 nitrogen and oxygen atoms in total. The molecule has 1 aliphatic rings. The van der Waals surface area contributed by atoms with Crippen LogP contribution in [0.3, 0.4) is 0 Å². The molecule has 0 aromatic heterocycles. The van der Waals surface area contributed by atoms with Crippen LogP contribution in [-0.2, 0) is 19.6 Å². The van der Waals surface area contributed by atoms with E-state index in [1.165, 1.54) is 9.21 Å². The van der Waals surface area contributed by atoms with Gasteiger partial charge in [-0.15, -0.1) is 0 Å². The molecule has 8 heteroatoms. The molecule has 0 aromatic carbocycles. The summed E-state index contributed by atoms with van der Waals surface area (Å²) in [6, 6.07) is -0.229. The lowest BCUT2D eigenvalue weighted by Crippen LogP contribution is -2.49. The van der Waals surface area contributed by atoms with Crippen LogP contribution in [0.5, 0.6) is 0 Å². The predicted molar refractivity (Wildman–Crippen MR) is 73.6 cm³/mol. The third-order valence-electron chi connectivity index (χ3n) is 3.41. The topological polar surface area (TPSA) is 95.0 Å². The fraction of sp³-hybridized carbons (Fsp3) is 0.833. The first-order valence-electron chi connectivity index (χ1n) is 6.60. The van der Waals surface area contributed by atoms with Gasteiger partial charge in [0.05, 0.1) is 12.2 Å². The predicted octanol–water partition coefficient (Wildman–Crippen LogP) is -0.0204. The summed E-state index contributed by atoms with van der Waals surface area (Å²) in [5.74, 6) is -1.81. The molecular weight excluding hydrogens is 284 g/mol. The molecule has 1 fully saturated rings. The smallest absolute Gasteiger partial charge is 0.323 e. The quantitative estimate of drug-likeness (QED) is 0.770. The van der Waals surface area contributed by atoms with Crippen LogP contribution in [0, 0.1) is 5.92 Å². The van der Waals surface area contributed by atoms with Gasteiger partial charge in [-0.25, -0.2) is 12.7 Å². The van der Waals surface area contributed by atoms with Gasteiger partial charge in [0.25, 0.3) is 0 Å². The van der Waals surface area contributed by atoms with Crippen LogP contribution in [0.2, 0.25) is 0 Å². The van der Waals surface area contributed by atoms with Crippen molar-refractivity contribution in [1.82, 2.24) is 9.21 Å². The van der Waals surface area contributed by atoms with Gasteiger partial charge < -0.3 is 10.0 Å². The maximum atomic E-state index is 12.4. The van der Waals surface area contributed by atoms with Crippen LogP contribution in [0.15, 0.2) is 0 Å². The minimum absolute atomic E-state index is 0.139. The maximum Gasteiger partial charge on any atom is 0.323 e. The van der Waals surface area contributed by atoms with Crippen molar-refractivity contribution in [1.29, 1.82) is 0 Å². The van der Waals surface area contributed by atoms with Crippen molar-refractivity contribution >= 4 is 21.9 Å². The van der Waals surface area contributed by atoms with E-state index in [1.807, 2.05) is 0 Å². The molecule has 1 N–H and O–H groups in total. The zero-order valence-electron chi connectivity index (χ0n) is 12.1. The first-order valence-corrected chi connectivity index (χ1v) is 8.45. The highest BCUT2D eigenvalue weighted by atomic mass is 32.2. The van der Waals surface area contributed by atoms with Gasteiger partial charge in [-0.05, 0) is 26.7 Å². The standard InChI is InChI=1S/C12H22N2O5S/c1-9(2)14(8-11(15)16)12(17)10-5-4-6-13(7-10)20(3,18)19/h9-10H,4-8H2,1-3H3,(H,15,16). The number of carbonyl (C=O) groups excluding carboxylic acids is 1. The number of amides is 1. The minimum atomic E-state index is -3.32. The van der Waals surface area contributed by atoms with Gasteiger partial charge in [0.15, 0.2) is 0 Å². The van der Waals surface area contributed by atoms with Gasteiger partial charge in [-0.3, -0.25) is 9.59 Å². The largest absolute Gasteiger partial charge is 0.480 e. The Labute approximate surface area is 119 Å². The minimum Gasteiger partial charge on any atom is -0.480 e. The maximum absolute atomic E-state index is 12.4. The summed E-state index contributed by atoms with van der Waals surface area (Å²) >= 11 is 0. The normalized spacial score (nSPS) is 20.9. The molecule has 1 unspecified atom stereocenters. The number of carbonyl (C=O) groups is 2. The number of carboxylic acid groups (broad SMARTS) is 1. The summed E-state index contributed by atoms with van der Waals surface area (Å²) in [5, 5.41) is 8.86. The van der Waals surface area contributed by atoms with E-state index < -0.39 is 21.9 Å². The molecule has 0 saturated carbocycles. The van der Waals surface area contributed by atoms with E-state index in [0.717, 1.165) is 6.26 Å². The molecule has 116 valence electrons. The lowest BCUT2D eigenvalue weighted by Gasteiger charge is -2.34. The Bertz CT molecular complexity index is 474. The fourth-order valence-electron chi connectivity index (χ4n) is 2.34. The third kappa shape index (κ3) is 4.45. The molecule has 1 aliphatic heterocycles. The number of carboxylic acids is 1.